The van der Waals surface area contributed by atoms with Crippen molar-refractivity contribution in [2.24, 2.45) is 0 Å². The molecule has 0 N–H and O–H groups in total. The van der Waals surface area contributed by atoms with Gasteiger partial charge in [-0.25, -0.2) is 9.37 Å². The number of nitrogens with zero attached hydrogens (tertiary/aromatic N) is 5. The second kappa shape index (κ2) is 7.83. The number of methoxy groups -OCH3 is 1. The van der Waals surface area contributed by atoms with Gasteiger partial charge < -0.3 is 14.0 Å². The van der Waals surface area contributed by atoms with E-state index in [1.54, 1.807) is 13.3 Å². The molecule has 1 aromatic carbocycles. The topological polar surface area (TPSA) is 75.0 Å². The lowest BCUT2D eigenvalue weighted by Gasteiger charge is -2.12. The Kier molecular flexibility index (Phi) is 5.07. The quantitative estimate of drug-likeness (QED) is 0.496. The molecule has 0 saturated carbocycles. The summed E-state index contributed by atoms with van der Waals surface area (Å²) < 4.78 is 26.8. The van der Waals surface area contributed by atoms with Crippen LogP contribution in [-0.2, 0) is 6.54 Å². The van der Waals surface area contributed by atoms with Gasteiger partial charge in [0.1, 0.15) is 22.9 Å². The maximum absolute atomic E-state index is 13.9. The number of benzene rings is 1. The number of hydrogen-bond acceptors (Lipinski definition) is 6. The van der Waals surface area contributed by atoms with Gasteiger partial charge in [-0.15, -0.1) is 0 Å². The van der Waals surface area contributed by atoms with Crippen LogP contribution >= 0.6 is 0 Å². The van der Waals surface area contributed by atoms with Crippen LogP contribution in [0.3, 0.4) is 0 Å². The minimum atomic E-state index is -0.434. The minimum Gasteiger partial charge on any atom is -0.496 e. The van der Waals surface area contributed by atoms with Crippen LogP contribution in [0.15, 0.2) is 42.7 Å². The zero-order valence-corrected chi connectivity index (χ0v) is 16.4. The smallest absolute Gasteiger partial charge is 0.318 e. The first-order valence-corrected chi connectivity index (χ1v) is 9.21. The van der Waals surface area contributed by atoms with E-state index >= 15 is 0 Å². The van der Waals surface area contributed by atoms with Gasteiger partial charge in [0.05, 0.1) is 32.2 Å². The number of ether oxygens (including phenoxy) is 2. The van der Waals surface area contributed by atoms with E-state index in [1.807, 2.05) is 42.7 Å². The summed E-state index contributed by atoms with van der Waals surface area (Å²) in [5, 5.41) is 0. The normalized spacial score (nSPS) is 11.0. The number of para-hydroxylation sites is 1. The number of aryl methyl sites for hydroxylation is 1. The first kappa shape index (κ1) is 18.8. The fourth-order valence-corrected chi connectivity index (χ4v) is 3.21. The number of pyridine rings is 1. The zero-order valence-electron chi connectivity index (χ0n) is 16.4. The van der Waals surface area contributed by atoms with Crippen LogP contribution in [0.25, 0.3) is 22.6 Å². The molecule has 0 aliphatic carbocycles. The Balaban J connectivity index is 1.96. The average Bonchev–Trinajstić information content (AvgIpc) is 3.08. The van der Waals surface area contributed by atoms with Crippen molar-refractivity contribution >= 4 is 11.2 Å². The van der Waals surface area contributed by atoms with E-state index in [4.69, 9.17) is 14.5 Å². The number of imidazole rings is 1. The van der Waals surface area contributed by atoms with E-state index in [0.717, 1.165) is 17.5 Å². The molecule has 0 saturated heterocycles. The van der Waals surface area contributed by atoms with Gasteiger partial charge in [0.2, 0.25) is 0 Å². The summed E-state index contributed by atoms with van der Waals surface area (Å²) >= 11 is 0. The second-order valence-corrected chi connectivity index (χ2v) is 6.42. The summed E-state index contributed by atoms with van der Waals surface area (Å²) in [4.78, 5) is 17.6. The summed E-state index contributed by atoms with van der Waals surface area (Å²) in [6, 6.07) is 9.39. The van der Waals surface area contributed by atoms with Gasteiger partial charge >= 0.3 is 6.01 Å². The van der Waals surface area contributed by atoms with Crippen molar-refractivity contribution in [1.29, 1.82) is 0 Å². The van der Waals surface area contributed by atoms with E-state index in [9.17, 15) is 4.39 Å². The lowest BCUT2D eigenvalue weighted by atomic mass is 10.2. The number of halogens is 1. The lowest BCUT2D eigenvalue weighted by Crippen LogP contribution is -2.06. The first-order valence-electron chi connectivity index (χ1n) is 9.21. The highest BCUT2D eigenvalue weighted by Crippen LogP contribution is 2.29. The molecule has 0 spiro atoms. The standard InChI is InChI=1S/C21H20FN5O2/c1-4-29-21-24-13(2)18-20(26-21)27(12-14-7-5-6-8-17(14)28-3)19(25-18)15-9-16(22)11-23-10-15/h5-11H,4,12H2,1-3H3. The molecule has 0 aliphatic rings. The monoisotopic (exact) mass is 393 g/mol. The van der Waals surface area contributed by atoms with Gasteiger partial charge in [-0.05, 0) is 26.0 Å². The number of hydrogen-bond donors (Lipinski definition) is 0. The molecule has 29 heavy (non-hydrogen) atoms. The zero-order chi connectivity index (χ0) is 20.4. The molecule has 0 amide bonds. The third-order valence-electron chi connectivity index (χ3n) is 4.51. The van der Waals surface area contributed by atoms with Gasteiger partial charge in [-0.1, -0.05) is 18.2 Å². The van der Waals surface area contributed by atoms with E-state index < -0.39 is 5.82 Å². The van der Waals surface area contributed by atoms with Crippen molar-refractivity contribution in [3.63, 3.8) is 0 Å². The molecule has 0 radical (unpaired) electrons. The summed E-state index contributed by atoms with van der Waals surface area (Å²) in [5.41, 5.74) is 3.40. The van der Waals surface area contributed by atoms with Crippen LogP contribution in [0.2, 0.25) is 0 Å². The predicted octanol–water partition coefficient (Wildman–Crippen LogP) is 3.79. The molecular formula is C21H20FN5O2. The number of rotatable bonds is 6. The Bertz CT molecular complexity index is 1180. The van der Waals surface area contributed by atoms with Gasteiger partial charge in [0.25, 0.3) is 0 Å². The lowest BCUT2D eigenvalue weighted by molar-refractivity contribution is 0.313. The summed E-state index contributed by atoms with van der Waals surface area (Å²) in [6.07, 6.45) is 2.74. The third kappa shape index (κ3) is 3.61. The van der Waals surface area contributed by atoms with E-state index in [1.165, 1.54) is 6.07 Å². The molecule has 8 heteroatoms. The van der Waals surface area contributed by atoms with Crippen molar-refractivity contribution in [2.75, 3.05) is 13.7 Å². The first-order chi connectivity index (χ1) is 14.1. The van der Waals surface area contributed by atoms with Crippen LogP contribution < -0.4 is 9.47 Å². The third-order valence-corrected chi connectivity index (χ3v) is 4.51. The Labute approximate surface area is 167 Å². The molecule has 0 fully saturated rings. The Hall–Kier alpha value is -3.55. The van der Waals surface area contributed by atoms with E-state index in [-0.39, 0.29) is 6.01 Å². The molecule has 3 aromatic heterocycles. The highest BCUT2D eigenvalue weighted by Gasteiger charge is 2.19. The molecule has 0 unspecified atom stereocenters. The highest BCUT2D eigenvalue weighted by molar-refractivity contribution is 5.79. The van der Waals surface area contributed by atoms with Crippen LogP contribution in [0.5, 0.6) is 11.8 Å². The average molecular weight is 393 g/mol. The van der Waals surface area contributed by atoms with Gasteiger partial charge in [-0.2, -0.15) is 9.97 Å². The van der Waals surface area contributed by atoms with Crippen LogP contribution in [0, 0.1) is 12.7 Å². The Morgan fingerprint density at radius 1 is 1.10 bits per heavy atom. The molecular weight excluding hydrogens is 373 g/mol. The van der Waals surface area contributed by atoms with Crippen molar-refractivity contribution in [2.45, 2.75) is 20.4 Å². The minimum absolute atomic E-state index is 0.280. The largest absolute Gasteiger partial charge is 0.496 e. The summed E-state index contributed by atoms with van der Waals surface area (Å²) in [5.74, 6) is 0.855. The van der Waals surface area contributed by atoms with Crippen LogP contribution in [0.1, 0.15) is 18.2 Å². The van der Waals surface area contributed by atoms with Crippen molar-refractivity contribution in [3.8, 4) is 23.1 Å². The summed E-state index contributed by atoms with van der Waals surface area (Å²) in [7, 11) is 1.63. The SMILES string of the molecule is CCOc1nc(C)c2nc(-c3cncc(F)c3)n(Cc3ccccc3OC)c2n1. The van der Waals surface area contributed by atoms with Gasteiger partial charge in [0.15, 0.2) is 5.65 Å². The molecule has 4 rings (SSSR count). The van der Waals surface area contributed by atoms with Crippen molar-refractivity contribution in [3.05, 3.63) is 59.8 Å². The van der Waals surface area contributed by atoms with Crippen molar-refractivity contribution < 1.29 is 13.9 Å². The van der Waals surface area contributed by atoms with Gasteiger partial charge in [0, 0.05) is 17.3 Å². The Morgan fingerprint density at radius 3 is 2.69 bits per heavy atom. The van der Waals surface area contributed by atoms with E-state index in [2.05, 4.69) is 15.0 Å². The fraction of sp³-hybridized carbons (Fsp3) is 0.238. The van der Waals surface area contributed by atoms with Crippen molar-refractivity contribution in [1.82, 2.24) is 24.5 Å². The summed E-state index contributed by atoms with van der Waals surface area (Å²) in [6.45, 7) is 4.60. The van der Waals surface area contributed by atoms with E-state index in [0.29, 0.717) is 41.4 Å². The maximum Gasteiger partial charge on any atom is 0.318 e. The number of fused-ring (bicyclic) bond motifs is 1. The van der Waals surface area contributed by atoms with Crippen LogP contribution in [-0.4, -0.2) is 38.2 Å². The molecule has 7 nitrogen and oxygen atoms in total. The molecule has 148 valence electrons. The van der Waals surface area contributed by atoms with Gasteiger partial charge in [-0.3, -0.25) is 4.98 Å². The molecule has 0 aliphatic heterocycles. The number of aromatic nitrogens is 5. The second-order valence-electron chi connectivity index (χ2n) is 6.42. The Morgan fingerprint density at radius 2 is 1.93 bits per heavy atom. The molecule has 0 atom stereocenters. The molecule has 4 aromatic rings. The fourth-order valence-electron chi connectivity index (χ4n) is 3.21. The highest BCUT2D eigenvalue weighted by atomic mass is 19.1. The predicted molar refractivity (Wildman–Crippen MR) is 107 cm³/mol. The van der Waals surface area contributed by atoms with Crippen LogP contribution in [0.4, 0.5) is 4.39 Å². The molecule has 3 heterocycles. The maximum atomic E-state index is 13.9. The molecule has 0 bridgehead atoms.